The molecule has 1 aliphatic rings. The Labute approximate surface area is 268 Å². The van der Waals surface area contributed by atoms with Crippen LogP contribution in [0, 0.1) is 0 Å². The lowest BCUT2D eigenvalue weighted by Gasteiger charge is -2.15. The number of nitrogens with one attached hydrogen (secondary N) is 2. The number of carbonyl (C=O) groups excluding carboxylic acids is 4. The second-order valence-corrected chi connectivity index (χ2v) is 11.7. The van der Waals surface area contributed by atoms with Crippen LogP contribution in [0.2, 0.25) is 10.0 Å². The monoisotopic (exact) mass is 645 g/mol. The molecule has 44 heavy (non-hydrogen) atoms. The van der Waals surface area contributed by atoms with E-state index in [1.54, 1.807) is 104 Å². The Bertz CT molecular complexity index is 1730. The first-order valence-electron chi connectivity index (χ1n) is 13.3. The maximum atomic E-state index is 13.4. The van der Waals surface area contributed by atoms with Crippen molar-refractivity contribution < 1.29 is 23.9 Å². The standard InChI is InChI=1S/C33H25Cl2N3O5S/c1-43-23-14-12-22(13-15-23)38-30(39)19-29(33(38)42)44-24-16-10-21(11-17-24)36-32(41)28(18-25-26(34)8-5-9-27(25)35)37-31(40)20-6-3-2-4-7-20/h2-18,29H,19H2,1H3,(H,36,41)(H,37,40)/b28-18-. The second kappa shape index (κ2) is 13.8. The minimum atomic E-state index is -0.600. The minimum Gasteiger partial charge on any atom is -0.497 e. The Morgan fingerprint density at radius 2 is 1.55 bits per heavy atom. The van der Waals surface area contributed by atoms with E-state index >= 15 is 0 Å². The van der Waals surface area contributed by atoms with Crippen LogP contribution in [0.1, 0.15) is 22.3 Å². The number of thioether (sulfide) groups is 1. The van der Waals surface area contributed by atoms with E-state index in [-0.39, 0.29) is 23.9 Å². The summed E-state index contributed by atoms with van der Waals surface area (Å²) in [6, 6.07) is 27.0. The molecule has 222 valence electrons. The van der Waals surface area contributed by atoms with Gasteiger partial charge in [-0.3, -0.25) is 19.2 Å². The van der Waals surface area contributed by atoms with Crippen LogP contribution in [0.5, 0.6) is 5.75 Å². The van der Waals surface area contributed by atoms with Gasteiger partial charge in [0, 0.05) is 38.2 Å². The normalized spacial score (nSPS) is 14.8. The minimum absolute atomic E-state index is 0.0634. The molecule has 0 saturated carbocycles. The number of methoxy groups -OCH3 is 1. The SMILES string of the molecule is COc1ccc(N2C(=O)CC(Sc3ccc(NC(=O)/C(=C/c4c(Cl)cccc4Cl)NC(=O)c4ccccc4)cc3)C2=O)cc1. The smallest absolute Gasteiger partial charge is 0.272 e. The summed E-state index contributed by atoms with van der Waals surface area (Å²) in [6.07, 6.45) is 1.48. The number of benzene rings is 4. The third kappa shape index (κ3) is 7.14. The van der Waals surface area contributed by atoms with Gasteiger partial charge in [-0.15, -0.1) is 11.8 Å². The van der Waals surface area contributed by atoms with E-state index < -0.39 is 17.1 Å². The van der Waals surface area contributed by atoms with Crippen LogP contribution in [-0.4, -0.2) is 36.0 Å². The van der Waals surface area contributed by atoms with Gasteiger partial charge in [-0.25, -0.2) is 4.90 Å². The third-order valence-corrected chi connectivity index (χ3v) is 8.50. The Morgan fingerprint density at radius 3 is 2.18 bits per heavy atom. The highest BCUT2D eigenvalue weighted by molar-refractivity contribution is 8.00. The number of halogens is 2. The highest BCUT2D eigenvalue weighted by atomic mass is 35.5. The lowest BCUT2D eigenvalue weighted by Crippen LogP contribution is -2.31. The van der Waals surface area contributed by atoms with Crippen molar-refractivity contribution in [2.75, 3.05) is 17.3 Å². The average Bonchev–Trinajstić information content (AvgIpc) is 3.31. The van der Waals surface area contributed by atoms with E-state index in [4.69, 9.17) is 27.9 Å². The van der Waals surface area contributed by atoms with Crippen LogP contribution < -0.4 is 20.3 Å². The van der Waals surface area contributed by atoms with Crippen LogP contribution in [0.15, 0.2) is 108 Å². The second-order valence-electron chi connectivity index (χ2n) is 9.57. The first kappa shape index (κ1) is 30.9. The number of carbonyl (C=O) groups is 4. The molecule has 0 bridgehead atoms. The van der Waals surface area contributed by atoms with E-state index in [0.29, 0.717) is 38.3 Å². The highest BCUT2D eigenvalue weighted by Crippen LogP contribution is 2.35. The topological polar surface area (TPSA) is 105 Å². The van der Waals surface area contributed by atoms with Crippen molar-refractivity contribution in [3.63, 3.8) is 0 Å². The Balaban J connectivity index is 1.29. The summed E-state index contributed by atoms with van der Waals surface area (Å²) in [5.41, 5.74) is 1.60. The molecule has 0 aliphatic carbocycles. The number of rotatable bonds is 9. The summed E-state index contributed by atoms with van der Waals surface area (Å²) in [4.78, 5) is 54.0. The molecular formula is C33H25Cl2N3O5S. The van der Waals surface area contributed by atoms with Crippen LogP contribution in [-0.2, 0) is 14.4 Å². The van der Waals surface area contributed by atoms with E-state index in [9.17, 15) is 19.2 Å². The van der Waals surface area contributed by atoms with Crippen molar-refractivity contribution >= 4 is 76.0 Å². The van der Waals surface area contributed by atoms with Gasteiger partial charge in [0.1, 0.15) is 11.4 Å². The van der Waals surface area contributed by atoms with Crippen molar-refractivity contribution in [1.82, 2.24) is 5.32 Å². The van der Waals surface area contributed by atoms with Crippen molar-refractivity contribution in [1.29, 1.82) is 0 Å². The maximum absolute atomic E-state index is 13.4. The Kier molecular flexibility index (Phi) is 9.69. The molecule has 4 amide bonds. The molecule has 1 heterocycles. The zero-order valence-electron chi connectivity index (χ0n) is 23.3. The van der Waals surface area contributed by atoms with E-state index in [2.05, 4.69) is 10.6 Å². The highest BCUT2D eigenvalue weighted by Gasteiger charge is 2.40. The number of nitrogens with zero attached hydrogens (tertiary/aromatic N) is 1. The predicted molar refractivity (Wildman–Crippen MR) is 173 cm³/mol. The van der Waals surface area contributed by atoms with Gasteiger partial charge in [0.2, 0.25) is 11.8 Å². The molecule has 1 saturated heterocycles. The molecule has 0 radical (unpaired) electrons. The number of hydrogen-bond acceptors (Lipinski definition) is 6. The third-order valence-electron chi connectivity index (χ3n) is 6.64. The molecule has 1 fully saturated rings. The van der Waals surface area contributed by atoms with Gasteiger partial charge in [0.25, 0.3) is 11.8 Å². The zero-order chi connectivity index (χ0) is 31.2. The van der Waals surface area contributed by atoms with Gasteiger partial charge >= 0.3 is 0 Å². The molecular weight excluding hydrogens is 621 g/mol. The first-order chi connectivity index (χ1) is 21.2. The zero-order valence-corrected chi connectivity index (χ0v) is 25.6. The summed E-state index contributed by atoms with van der Waals surface area (Å²) in [7, 11) is 1.54. The summed E-state index contributed by atoms with van der Waals surface area (Å²) in [5, 5.41) is 5.46. The quantitative estimate of drug-likeness (QED) is 0.153. The van der Waals surface area contributed by atoms with Crippen LogP contribution in [0.3, 0.4) is 0 Å². The van der Waals surface area contributed by atoms with E-state index in [1.807, 2.05) is 0 Å². The largest absolute Gasteiger partial charge is 0.497 e. The maximum Gasteiger partial charge on any atom is 0.272 e. The van der Waals surface area contributed by atoms with Gasteiger partial charge < -0.3 is 15.4 Å². The summed E-state index contributed by atoms with van der Waals surface area (Å²) >= 11 is 13.9. The average molecular weight is 647 g/mol. The number of anilines is 2. The van der Waals surface area contributed by atoms with Crippen molar-refractivity contribution in [3.8, 4) is 5.75 Å². The van der Waals surface area contributed by atoms with Gasteiger partial charge in [-0.2, -0.15) is 0 Å². The summed E-state index contributed by atoms with van der Waals surface area (Å²) < 4.78 is 5.15. The fourth-order valence-corrected chi connectivity index (χ4v) is 5.97. The fraction of sp³-hybridized carbons (Fsp3) is 0.0909. The van der Waals surface area contributed by atoms with Gasteiger partial charge in [-0.1, -0.05) is 47.5 Å². The van der Waals surface area contributed by atoms with Crippen molar-refractivity contribution in [2.24, 2.45) is 0 Å². The van der Waals surface area contributed by atoms with Crippen LogP contribution in [0.25, 0.3) is 6.08 Å². The van der Waals surface area contributed by atoms with E-state index in [0.717, 1.165) is 4.90 Å². The van der Waals surface area contributed by atoms with Gasteiger partial charge in [0.15, 0.2) is 0 Å². The number of hydrogen-bond donors (Lipinski definition) is 2. The Hall–Kier alpha value is -4.57. The molecule has 5 rings (SSSR count). The number of amides is 4. The molecule has 4 aromatic carbocycles. The number of imide groups is 1. The molecule has 1 atom stereocenters. The van der Waals surface area contributed by atoms with Crippen molar-refractivity contribution in [3.05, 3.63) is 124 Å². The summed E-state index contributed by atoms with van der Waals surface area (Å²) in [6.45, 7) is 0. The Morgan fingerprint density at radius 1 is 0.886 bits per heavy atom. The van der Waals surface area contributed by atoms with Gasteiger partial charge in [0.05, 0.1) is 18.0 Å². The fourth-order valence-electron chi connectivity index (χ4n) is 4.41. The molecule has 0 aromatic heterocycles. The lowest BCUT2D eigenvalue weighted by molar-refractivity contribution is -0.121. The molecule has 8 nitrogen and oxygen atoms in total. The van der Waals surface area contributed by atoms with Crippen LogP contribution >= 0.6 is 35.0 Å². The van der Waals surface area contributed by atoms with Crippen LogP contribution in [0.4, 0.5) is 11.4 Å². The number of ether oxygens (including phenoxy) is 1. The molecule has 1 aliphatic heterocycles. The molecule has 11 heteroatoms. The van der Waals surface area contributed by atoms with Crippen molar-refractivity contribution in [2.45, 2.75) is 16.6 Å². The lowest BCUT2D eigenvalue weighted by atomic mass is 10.1. The van der Waals surface area contributed by atoms with Gasteiger partial charge in [-0.05, 0) is 78.9 Å². The molecule has 0 spiro atoms. The molecule has 1 unspecified atom stereocenters. The molecule has 2 N–H and O–H groups in total. The predicted octanol–water partition coefficient (Wildman–Crippen LogP) is 6.84. The van der Waals surface area contributed by atoms with E-state index in [1.165, 1.54) is 22.7 Å². The first-order valence-corrected chi connectivity index (χ1v) is 15.0. The summed E-state index contributed by atoms with van der Waals surface area (Å²) in [5.74, 6) is -1.04. The molecule has 4 aromatic rings.